The van der Waals surface area contributed by atoms with Gasteiger partial charge in [0.25, 0.3) is 6.47 Å². The second kappa shape index (κ2) is 9.48. The molecule has 2 saturated heterocycles. The fourth-order valence-corrected chi connectivity index (χ4v) is 3.95. The van der Waals surface area contributed by atoms with E-state index in [1.807, 2.05) is 18.0 Å². The summed E-state index contributed by atoms with van der Waals surface area (Å²) in [7, 11) is 1.91. The lowest BCUT2D eigenvalue weighted by Crippen LogP contribution is -2.42. The van der Waals surface area contributed by atoms with Gasteiger partial charge in [0, 0.05) is 26.7 Å². The monoisotopic (exact) mass is 382 g/mol. The van der Waals surface area contributed by atoms with Gasteiger partial charge >= 0.3 is 0 Å². The van der Waals surface area contributed by atoms with E-state index in [4.69, 9.17) is 14.6 Å². The van der Waals surface area contributed by atoms with Crippen LogP contribution in [-0.2, 0) is 20.9 Å². The smallest absolute Gasteiger partial charge is 0.290 e. The van der Waals surface area contributed by atoms with Crippen LogP contribution >= 0.6 is 0 Å². The summed E-state index contributed by atoms with van der Waals surface area (Å²) >= 11 is 0. The molecule has 0 spiro atoms. The molecule has 2 fully saturated rings. The number of hydrogen-bond donors (Lipinski definition) is 1. The van der Waals surface area contributed by atoms with Gasteiger partial charge in [0.2, 0.25) is 5.91 Å². The van der Waals surface area contributed by atoms with Crippen molar-refractivity contribution in [2.45, 2.75) is 25.1 Å². The zero-order chi connectivity index (χ0) is 19.9. The first-order valence-corrected chi connectivity index (χ1v) is 9.45. The van der Waals surface area contributed by atoms with Crippen LogP contribution in [0.2, 0.25) is 0 Å². The van der Waals surface area contributed by atoms with Crippen molar-refractivity contribution in [2.75, 3.05) is 26.7 Å². The third-order valence-electron chi connectivity index (χ3n) is 5.35. The number of carboxylic acid groups (broad SMARTS) is 1. The van der Waals surface area contributed by atoms with E-state index in [1.54, 1.807) is 0 Å². The maximum Gasteiger partial charge on any atom is 0.290 e. The molecule has 6 heteroatoms. The van der Waals surface area contributed by atoms with Gasteiger partial charge < -0.3 is 14.7 Å². The Hall–Kier alpha value is -2.70. The highest BCUT2D eigenvalue weighted by Crippen LogP contribution is 2.28. The normalized spacial score (nSPS) is 22.0. The summed E-state index contributed by atoms with van der Waals surface area (Å²) < 4.78 is 5.95. The second-order valence-electron chi connectivity index (χ2n) is 7.05. The lowest BCUT2D eigenvalue weighted by atomic mass is 9.99. The highest BCUT2D eigenvalue weighted by Gasteiger charge is 2.39. The van der Waals surface area contributed by atoms with Crippen molar-refractivity contribution in [2.24, 2.45) is 0 Å². The first-order chi connectivity index (χ1) is 13.6. The fraction of sp³-hybridized carbons (Fsp3) is 0.364. The van der Waals surface area contributed by atoms with E-state index in [2.05, 4.69) is 53.4 Å². The number of likely N-dealkylation sites (N-methyl/N-ethyl adjacent to an activating group) is 1. The third kappa shape index (κ3) is 4.58. The largest absolute Gasteiger partial charge is 0.483 e. The van der Waals surface area contributed by atoms with Crippen molar-refractivity contribution < 1.29 is 19.4 Å². The number of likely N-dealkylation sites (tertiary alicyclic amines) is 1. The van der Waals surface area contributed by atoms with Gasteiger partial charge in [-0.3, -0.25) is 14.5 Å². The minimum atomic E-state index is -0.250. The molecule has 2 heterocycles. The first kappa shape index (κ1) is 20.0. The standard InChI is InChI=1S/C21H24N2O2.CH2O2/c1-22-19-14-23(15-20(19)25-12-11-21(22)24)13-17-9-5-6-10-18(17)16-7-3-2-4-8-16;2-1-3/h2-10,19-20H,11-15H2,1H3;1H,(H,2,3)/t19-,20-;/m0./s1. The number of hydrogen-bond acceptors (Lipinski definition) is 4. The number of amides is 1. The van der Waals surface area contributed by atoms with Gasteiger partial charge in [-0.2, -0.15) is 0 Å². The van der Waals surface area contributed by atoms with E-state index < -0.39 is 0 Å². The third-order valence-corrected chi connectivity index (χ3v) is 5.35. The van der Waals surface area contributed by atoms with Gasteiger partial charge in [-0.05, 0) is 16.7 Å². The quantitative estimate of drug-likeness (QED) is 0.826. The number of carbonyl (C=O) groups excluding carboxylic acids is 1. The molecule has 2 atom stereocenters. The number of benzene rings is 2. The van der Waals surface area contributed by atoms with Gasteiger partial charge in [0.15, 0.2) is 0 Å². The molecule has 0 bridgehead atoms. The van der Waals surface area contributed by atoms with Crippen LogP contribution in [0.1, 0.15) is 12.0 Å². The lowest BCUT2D eigenvalue weighted by molar-refractivity contribution is -0.131. The Morgan fingerprint density at radius 3 is 2.54 bits per heavy atom. The second-order valence-corrected chi connectivity index (χ2v) is 7.05. The minimum Gasteiger partial charge on any atom is -0.483 e. The maximum atomic E-state index is 12.1. The molecule has 0 saturated carbocycles. The molecule has 4 rings (SSSR count). The van der Waals surface area contributed by atoms with Crippen molar-refractivity contribution in [3.05, 3.63) is 60.2 Å². The van der Waals surface area contributed by atoms with Crippen LogP contribution in [-0.4, -0.2) is 66.2 Å². The summed E-state index contributed by atoms with van der Waals surface area (Å²) in [5, 5.41) is 6.89. The number of carbonyl (C=O) groups is 2. The van der Waals surface area contributed by atoms with E-state index in [0.717, 1.165) is 19.6 Å². The topological polar surface area (TPSA) is 70.1 Å². The van der Waals surface area contributed by atoms with Crippen molar-refractivity contribution in [3.63, 3.8) is 0 Å². The molecule has 0 radical (unpaired) electrons. The zero-order valence-electron chi connectivity index (χ0n) is 16.0. The number of rotatable bonds is 3. The molecule has 1 amide bonds. The van der Waals surface area contributed by atoms with Crippen molar-refractivity contribution in [1.29, 1.82) is 0 Å². The summed E-state index contributed by atoms with van der Waals surface area (Å²) in [4.78, 5) is 24.7. The predicted octanol–water partition coefficient (Wildman–Crippen LogP) is 2.49. The molecule has 2 aliphatic rings. The number of ether oxygens (including phenoxy) is 1. The van der Waals surface area contributed by atoms with Crippen molar-refractivity contribution >= 4 is 12.4 Å². The average molecular weight is 382 g/mol. The minimum absolute atomic E-state index is 0.125. The Morgan fingerprint density at radius 2 is 1.79 bits per heavy atom. The number of nitrogens with zero attached hydrogens (tertiary/aromatic N) is 2. The Balaban J connectivity index is 0.000000706. The molecular weight excluding hydrogens is 356 g/mol. The molecule has 1 N–H and O–H groups in total. The van der Waals surface area contributed by atoms with Crippen LogP contribution in [0.5, 0.6) is 0 Å². The fourth-order valence-electron chi connectivity index (χ4n) is 3.95. The van der Waals surface area contributed by atoms with E-state index in [-0.39, 0.29) is 24.5 Å². The lowest BCUT2D eigenvalue weighted by Gasteiger charge is -2.25. The molecule has 0 aromatic heterocycles. The molecule has 2 aliphatic heterocycles. The van der Waals surface area contributed by atoms with Gasteiger partial charge in [-0.25, -0.2) is 0 Å². The summed E-state index contributed by atoms with van der Waals surface area (Å²) in [5.74, 6) is 0.194. The predicted molar refractivity (Wildman–Crippen MR) is 107 cm³/mol. The summed E-state index contributed by atoms with van der Waals surface area (Å²) in [5.41, 5.74) is 3.84. The van der Waals surface area contributed by atoms with E-state index in [0.29, 0.717) is 13.0 Å². The van der Waals surface area contributed by atoms with Crippen LogP contribution in [0.25, 0.3) is 11.1 Å². The molecule has 2 aromatic carbocycles. The van der Waals surface area contributed by atoms with Crippen molar-refractivity contribution in [3.8, 4) is 11.1 Å². The van der Waals surface area contributed by atoms with Gasteiger partial charge in [-0.15, -0.1) is 0 Å². The van der Waals surface area contributed by atoms with Crippen LogP contribution in [0.3, 0.4) is 0 Å². The van der Waals surface area contributed by atoms with E-state index in [9.17, 15) is 4.79 Å². The van der Waals surface area contributed by atoms with Crippen LogP contribution < -0.4 is 0 Å². The van der Waals surface area contributed by atoms with Gasteiger partial charge in [0.1, 0.15) is 0 Å². The SMILES string of the molecule is CN1C(=O)CCO[C@H]2CN(Cc3ccccc3-c3ccccc3)C[C@@H]21.O=CO. The highest BCUT2D eigenvalue weighted by molar-refractivity contribution is 5.76. The van der Waals surface area contributed by atoms with Crippen LogP contribution in [0, 0.1) is 0 Å². The Kier molecular flexibility index (Phi) is 6.79. The molecule has 6 nitrogen and oxygen atoms in total. The Bertz CT molecular complexity index is 796. The molecule has 0 unspecified atom stereocenters. The number of fused-ring (bicyclic) bond motifs is 1. The van der Waals surface area contributed by atoms with E-state index >= 15 is 0 Å². The summed E-state index contributed by atoms with van der Waals surface area (Å²) in [6.07, 6.45) is 0.626. The molecule has 2 aromatic rings. The Labute approximate surface area is 165 Å². The molecular formula is C22H26N2O4. The van der Waals surface area contributed by atoms with Gasteiger partial charge in [-0.1, -0.05) is 54.6 Å². The zero-order valence-corrected chi connectivity index (χ0v) is 16.0. The van der Waals surface area contributed by atoms with Crippen LogP contribution in [0.4, 0.5) is 0 Å². The average Bonchev–Trinajstić information content (AvgIpc) is 3.06. The first-order valence-electron chi connectivity index (χ1n) is 9.45. The molecule has 0 aliphatic carbocycles. The van der Waals surface area contributed by atoms with Crippen molar-refractivity contribution in [1.82, 2.24) is 9.80 Å². The highest BCUT2D eigenvalue weighted by atomic mass is 16.5. The van der Waals surface area contributed by atoms with Crippen LogP contribution in [0.15, 0.2) is 54.6 Å². The molecule has 148 valence electrons. The van der Waals surface area contributed by atoms with Gasteiger partial charge in [0.05, 0.1) is 25.2 Å². The maximum absolute atomic E-state index is 12.1. The Morgan fingerprint density at radius 1 is 1.11 bits per heavy atom. The molecule has 28 heavy (non-hydrogen) atoms. The summed E-state index contributed by atoms with van der Waals surface area (Å²) in [6.45, 7) is 2.92. The van der Waals surface area contributed by atoms with E-state index in [1.165, 1.54) is 16.7 Å². The summed E-state index contributed by atoms with van der Waals surface area (Å²) in [6, 6.07) is 19.3.